The average Bonchev–Trinajstić information content (AvgIpc) is 3.85. The highest BCUT2D eigenvalue weighted by molar-refractivity contribution is 6.22. The number of fused-ring (bicyclic) bond motifs is 13. The summed E-state index contributed by atoms with van der Waals surface area (Å²) in [6.07, 6.45) is 15.0. The van der Waals surface area contributed by atoms with Gasteiger partial charge < -0.3 is 18.0 Å². The molecular formula is C38H20N6O2. The van der Waals surface area contributed by atoms with Gasteiger partial charge in [-0.25, -0.2) is 0 Å². The minimum atomic E-state index is 0.783. The van der Waals surface area contributed by atoms with Crippen LogP contribution in [0.3, 0.4) is 0 Å². The molecule has 0 spiro atoms. The summed E-state index contributed by atoms with van der Waals surface area (Å²) in [6.45, 7) is 0. The Morgan fingerprint density at radius 2 is 0.935 bits per heavy atom. The van der Waals surface area contributed by atoms with Crippen LogP contribution < -0.4 is 0 Å². The highest BCUT2D eigenvalue weighted by Crippen LogP contribution is 2.42. The lowest BCUT2D eigenvalue weighted by Gasteiger charge is -2.07. The Balaban J connectivity index is 1.17. The maximum Gasteiger partial charge on any atom is 0.147 e. The zero-order valence-corrected chi connectivity index (χ0v) is 24.0. The fourth-order valence-electron chi connectivity index (χ4n) is 7.33. The molecule has 0 radical (unpaired) electrons. The third-order valence-corrected chi connectivity index (χ3v) is 9.30. The normalized spacial score (nSPS) is 12.3. The van der Waals surface area contributed by atoms with Crippen molar-refractivity contribution in [2.75, 3.05) is 0 Å². The van der Waals surface area contributed by atoms with Crippen LogP contribution in [-0.4, -0.2) is 29.1 Å². The van der Waals surface area contributed by atoms with Crippen LogP contribution in [0.25, 0.3) is 98.9 Å². The zero-order chi connectivity index (χ0) is 29.9. The molecule has 8 heteroatoms. The minimum Gasteiger partial charge on any atom is -0.456 e. The van der Waals surface area contributed by atoms with Gasteiger partial charge in [-0.05, 0) is 72.8 Å². The third-order valence-electron chi connectivity index (χ3n) is 9.30. The Kier molecular flexibility index (Phi) is 4.43. The second-order valence-corrected chi connectivity index (χ2v) is 11.6. The summed E-state index contributed by atoms with van der Waals surface area (Å²) in [6, 6.07) is 25.0. The number of nitrogens with zero attached hydrogens (tertiary/aromatic N) is 6. The van der Waals surface area contributed by atoms with Crippen LogP contribution in [0, 0.1) is 0 Å². The van der Waals surface area contributed by atoms with E-state index in [-0.39, 0.29) is 0 Å². The largest absolute Gasteiger partial charge is 0.456 e. The molecule has 0 bridgehead atoms. The molecule has 11 aromatic rings. The lowest BCUT2D eigenvalue weighted by atomic mass is 10.1. The molecule has 3 aromatic carbocycles. The van der Waals surface area contributed by atoms with Crippen molar-refractivity contribution in [3.63, 3.8) is 0 Å². The smallest absolute Gasteiger partial charge is 0.147 e. The molecule has 0 aliphatic rings. The first-order valence-corrected chi connectivity index (χ1v) is 15.0. The molecule has 8 nitrogen and oxygen atoms in total. The molecule has 214 valence electrons. The van der Waals surface area contributed by atoms with Gasteiger partial charge in [-0.1, -0.05) is 0 Å². The number of furan rings is 2. The van der Waals surface area contributed by atoms with E-state index in [1.54, 1.807) is 0 Å². The van der Waals surface area contributed by atoms with Crippen LogP contribution in [0.2, 0.25) is 0 Å². The van der Waals surface area contributed by atoms with Crippen molar-refractivity contribution in [1.82, 2.24) is 29.1 Å². The van der Waals surface area contributed by atoms with Crippen molar-refractivity contribution in [3.8, 4) is 11.4 Å². The van der Waals surface area contributed by atoms with Crippen LogP contribution >= 0.6 is 0 Å². The average molecular weight is 593 g/mol. The monoisotopic (exact) mass is 592 g/mol. The van der Waals surface area contributed by atoms with Gasteiger partial charge >= 0.3 is 0 Å². The predicted octanol–water partition coefficient (Wildman–Crippen LogP) is 9.26. The number of pyridine rings is 4. The van der Waals surface area contributed by atoms with E-state index in [0.29, 0.717) is 0 Å². The summed E-state index contributed by atoms with van der Waals surface area (Å²) in [7, 11) is 0. The topological polar surface area (TPSA) is 87.7 Å². The summed E-state index contributed by atoms with van der Waals surface area (Å²) in [5.74, 6) is 0. The van der Waals surface area contributed by atoms with E-state index < -0.39 is 0 Å². The molecular weight excluding hydrogens is 572 g/mol. The van der Waals surface area contributed by atoms with E-state index in [4.69, 9.17) is 8.83 Å². The Hall–Kier alpha value is -6.54. The highest BCUT2D eigenvalue weighted by Gasteiger charge is 2.20. The van der Waals surface area contributed by atoms with Gasteiger partial charge in [-0.3, -0.25) is 19.9 Å². The van der Waals surface area contributed by atoms with E-state index >= 15 is 0 Å². The van der Waals surface area contributed by atoms with Crippen LogP contribution in [-0.2, 0) is 0 Å². The highest BCUT2D eigenvalue weighted by atomic mass is 16.3. The molecule has 0 aliphatic carbocycles. The zero-order valence-electron chi connectivity index (χ0n) is 24.0. The number of benzene rings is 3. The van der Waals surface area contributed by atoms with Gasteiger partial charge in [0.25, 0.3) is 0 Å². The first-order valence-electron chi connectivity index (χ1n) is 15.0. The summed E-state index contributed by atoms with van der Waals surface area (Å²) in [5.41, 5.74) is 9.39. The fraction of sp³-hybridized carbons (Fsp3) is 0. The Morgan fingerprint density at radius 3 is 1.63 bits per heavy atom. The van der Waals surface area contributed by atoms with Gasteiger partial charge in [-0.15, -0.1) is 0 Å². The first kappa shape index (κ1) is 23.9. The van der Waals surface area contributed by atoms with Gasteiger partial charge in [0, 0.05) is 80.1 Å². The minimum absolute atomic E-state index is 0.783. The molecule has 8 heterocycles. The molecule has 0 atom stereocenters. The van der Waals surface area contributed by atoms with Crippen LogP contribution in [0.4, 0.5) is 0 Å². The molecule has 0 unspecified atom stereocenters. The van der Waals surface area contributed by atoms with Crippen molar-refractivity contribution in [2.45, 2.75) is 0 Å². The molecule has 0 aliphatic heterocycles. The molecule has 0 saturated heterocycles. The number of rotatable bonds is 2. The van der Waals surface area contributed by atoms with Crippen molar-refractivity contribution >= 4 is 87.5 Å². The fourth-order valence-corrected chi connectivity index (χ4v) is 7.33. The molecule has 0 N–H and O–H groups in total. The quantitative estimate of drug-likeness (QED) is 0.199. The van der Waals surface area contributed by atoms with Gasteiger partial charge in [0.15, 0.2) is 0 Å². The van der Waals surface area contributed by atoms with Gasteiger partial charge in [0.1, 0.15) is 22.3 Å². The standard InChI is InChI=1S/C38H20N6O2/c1-4-34-27(15-21(1)43-30-10-14-39-17-29(30)25-9-13-42-20-33(25)43)26-3-6-36-37(38(26)46-34)28-16-22(2-5-35(28)45-36)44-31-18-40-11-7-23(31)24-8-12-41-19-32(24)44/h1-20H. The predicted molar refractivity (Wildman–Crippen MR) is 181 cm³/mol. The summed E-state index contributed by atoms with van der Waals surface area (Å²) < 4.78 is 17.5. The van der Waals surface area contributed by atoms with Gasteiger partial charge in [-0.2, -0.15) is 0 Å². The summed E-state index contributed by atoms with van der Waals surface area (Å²) in [4.78, 5) is 17.7. The molecule has 11 rings (SSSR count). The summed E-state index contributed by atoms with van der Waals surface area (Å²) in [5, 5.41) is 8.49. The molecule has 0 fully saturated rings. The Bertz CT molecular complexity index is 2950. The Morgan fingerprint density at radius 1 is 0.391 bits per heavy atom. The maximum absolute atomic E-state index is 6.63. The lowest BCUT2D eigenvalue weighted by Crippen LogP contribution is -1.94. The first-order chi connectivity index (χ1) is 22.8. The van der Waals surface area contributed by atoms with Crippen molar-refractivity contribution < 1.29 is 8.83 Å². The van der Waals surface area contributed by atoms with E-state index in [1.165, 1.54) is 0 Å². The molecule has 0 saturated carbocycles. The van der Waals surface area contributed by atoms with Crippen LogP contribution in [0.15, 0.2) is 131 Å². The van der Waals surface area contributed by atoms with E-state index in [2.05, 4.69) is 83.7 Å². The SMILES string of the molecule is c1cc2c(cn1)c1ccncc1n2-c1ccc2oc3c(ccc4oc5ccc(-n6c7cnccc7c7ccncc76)cc5c43)c2c1. The van der Waals surface area contributed by atoms with E-state index in [1.807, 2.05) is 67.8 Å². The number of hydrogen-bond donors (Lipinski definition) is 0. The number of hydrogen-bond acceptors (Lipinski definition) is 6. The van der Waals surface area contributed by atoms with Gasteiger partial charge in [0.2, 0.25) is 0 Å². The second-order valence-electron chi connectivity index (χ2n) is 11.6. The second kappa shape index (κ2) is 8.55. The third kappa shape index (κ3) is 3.02. The molecule has 0 amide bonds. The van der Waals surface area contributed by atoms with Gasteiger partial charge in [0.05, 0.1) is 46.0 Å². The van der Waals surface area contributed by atoms with E-state index in [9.17, 15) is 0 Å². The number of aromatic nitrogens is 6. The lowest BCUT2D eigenvalue weighted by molar-refractivity contribution is 0.662. The Labute approximate surface area is 258 Å². The van der Waals surface area contributed by atoms with E-state index in [0.717, 1.165) is 98.9 Å². The van der Waals surface area contributed by atoms with Crippen molar-refractivity contribution in [1.29, 1.82) is 0 Å². The van der Waals surface area contributed by atoms with Crippen LogP contribution in [0.5, 0.6) is 0 Å². The van der Waals surface area contributed by atoms with Crippen LogP contribution in [0.1, 0.15) is 0 Å². The maximum atomic E-state index is 6.63. The molecule has 8 aromatic heterocycles. The van der Waals surface area contributed by atoms with Crippen molar-refractivity contribution in [3.05, 3.63) is 122 Å². The van der Waals surface area contributed by atoms with Crippen molar-refractivity contribution in [2.24, 2.45) is 0 Å². The summed E-state index contributed by atoms with van der Waals surface area (Å²) >= 11 is 0. The molecule has 46 heavy (non-hydrogen) atoms.